The molecule has 0 radical (unpaired) electrons. The maximum atomic E-state index is 13.2. The molecule has 1 heterocycles. The normalized spacial score (nSPS) is 17.0. The summed E-state index contributed by atoms with van der Waals surface area (Å²) < 4.78 is 0. The summed E-state index contributed by atoms with van der Waals surface area (Å²) in [5.41, 5.74) is 1.58. The Morgan fingerprint density at radius 3 is 2.54 bits per heavy atom. The van der Waals surface area contributed by atoms with Crippen molar-refractivity contribution in [2.75, 3.05) is 7.05 Å². The van der Waals surface area contributed by atoms with E-state index in [1.807, 2.05) is 36.2 Å². The van der Waals surface area contributed by atoms with Gasteiger partial charge in [0.25, 0.3) is 0 Å². The Morgan fingerprint density at radius 1 is 1.29 bits per heavy atom. The summed E-state index contributed by atoms with van der Waals surface area (Å²) in [6.07, 6.45) is 8.68. The van der Waals surface area contributed by atoms with E-state index in [0.717, 1.165) is 30.5 Å². The van der Waals surface area contributed by atoms with Gasteiger partial charge in [0.05, 0.1) is 11.1 Å². The van der Waals surface area contributed by atoms with Crippen LogP contribution in [0.5, 0.6) is 0 Å². The van der Waals surface area contributed by atoms with Crippen molar-refractivity contribution >= 4 is 17.5 Å². The number of aromatic nitrogens is 2. The highest BCUT2D eigenvalue weighted by Crippen LogP contribution is 2.45. The molecule has 1 aliphatic rings. The van der Waals surface area contributed by atoms with Gasteiger partial charge in [0, 0.05) is 43.1 Å². The molecule has 1 saturated carbocycles. The standard InChI is InChI=1S/C19H22ClN3O/c1-14(12-17-13-21-10-11-22-17)23(2)18(24)19(8-3-9-19)15-4-6-16(20)7-5-15/h4-7,10-11,13-14H,3,8-9,12H2,1-2H3/t14-/m1/s1. The highest BCUT2D eigenvalue weighted by molar-refractivity contribution is 6.30. The van der Waals surface area contributed by atoms with Crippen molar-refractivity contribution in [2.45, 2.75) is 44.1 Å². The van der Waals surface area contributed by atoms with Crippen molar-refractivity contribution in [3.8, 4) is 0 Å². The zero-order valence-electron chi connectivity index (χ0n) is 14.1. The van der Waals surface area contributed by atoms with Crippen LogP contribution in [0.3, 0.4) is 0 Å². The number of carbonyl (C=O) groups excluding carboxylic acids is 1. The summed E-state index contributed by atoms with van der Waals surface area (Å²) in [6, 6.07) is 7.78. The smallest absolute Gasteiger partial charge is 0.233 e. The number of halogens is 1. The molecule has 0 bridgehead atoms. The first-order chi connectivity index (χ1) is 11.5. The van der Waals surface area contributed by atoms with Gasteiger partial charge in [0.2, 0.25) is 5.91 Å². The zero-order chi connectivity index (χ0) is 17.2. The van der Waals surface area contributed by atoms with Crippen molar-refractivity contribution in [1.82, 2.24) is 14.9 Å². The van der Waals surface area contributed by atoms with Gasteiger partial charge >= 0.3 is 0 Å². The van der Waals surface area contributed by atoms with Gasteiger partial charge in [-0.1, -0.05) is 30.2 Å². The molecule has 4 nitrogen and oxygen atoms in total. The number of hydrogen-bond acceptors (Lipinski definition) is 3. The number of rotatable bonds is 5. The summed E-state index contributed by atoms with van der Waals surface area (Å²) in [7, 11) is 1.89. The zero-order valence-corrected chi connectivity index (χ0v) is 14.8. The molecule has 0 unspecified atom stereocenters. The van der Waals surface area contributed by atoms with Gasteiger partial charge in [-0.3, -0.25) is 14.8 Å². The van der Waals surface area contributed by atoms with Crippen molar-refractivity contribution < 1.29 is 4.79 Å². The number of likely N-dealkylation sites (N-methyl/N-ethyl adjacent to an activating group) is 1. The summed E-state index contributed by atoms with van der Waals surface area (Å²) in [6.45, 7) is 2.06. The van der Waals surface area contributed by atoms with Gasteiger partial charge in [0.15, 0.2) is 0 Å². The van der Waals surface area contributed by atoms with E-state index in [2.05, 4.69) is 16.9 Å². The Balaban J connectivity index is 1.77. The monoisotopic (exact) mass is 343 g/mol. The average Bonchev–Trinajstić information content (AvgIpc) is 2.55. The fraction of sp³-hybridized carbons (Fsp3) is 0.421. The largest absolute Gasteiger partial charge is 0.342 e. The summed E-state index contributed by atoms with van der Waals surface area (Å²) >= 11 is 6.00. The molecule has 0 saturated heterocycles. The molecule has 1 aromatic carbocycles. The van der Waals surface area contributed by atoms with Crippen LogP contribution < -0.4 is 0 Å². The van der Waals surface area contributed by atoms with E-state index in [0.29, 0.717) is 11.4 Å². The molecule has 0 aliphatic heterocycles. The lowest BCUT2D eigenvalue weighted by Gasteiger charge is -2.44. The molecule has 3 rings (SSSR count). The fourth-order valence-corrected chi connectivity index (χ4v) is 3.46. The van der Waals surface area contributed by atoms with Gasteiger partial charge in [-0.25, -0.2) is 0 Å². The van der Waals surface area contributed by atoms with Gasteiger partial charge < -0.3 is 4.90 Å². The van der Waals surface area contributed by atoms with Crippen LogP contribution in [0.25, 0.3) is 0 Å². The van der Waals surface area contributed by atoms with Gasteiger partial charge in [-0.2, -0.15) is 0 Å². The van der Waals surface area contributed by atoms with E-state index in [9.17, 15) is 4.79 Å². The van der Waals surface area contributed by atoms with E-state index < -0.39 is 5.41 Å². The average molecular weight is 344 g/mol. The lowest BCUT2D eigenvalue weighted by atomic mass is 9.63. The molecule has 24 heavy (non-hydrogen) atoms. The Kier molecular flexibility index (Phi) is 4.86. The molecule has 1 atom stereocenters. The number of benzene rings is 1. The number of hydrogen-bond donors (Lipinski definition) is 0. The van der Waals surface area contributed by atoms with Crippen molar-refractivity contribution in [1.29, 1.82) is 0 Å². The van der Waals surface area contributed by atoms with Crippen LogP contribution in [0, 0.1) is 0 Å². The van der Waals surface area contributed by atoms with Crippen LogP contribution in [0.4, 0.5) is 0 Å². The first-order valence-electron chi connectivity index (χ1n) is 8.31. The van der Waals surface area contributed by atoms with E-state index >= 15 is 0 Å². The summed E-state index contributed by atoms with van der Waals surface area (Å²) in [5, 5.41) is 0.699. The quantitative estimate of drug-likeness (QED) is 0.832. The van der Waals surface area contributed by atoms with Crippen molar-refractivity contribution in [3.05, 3.63) is 59.1 Å². The molecule has 0 N–H and O–H groups in total. The first-order valence-corrected chi connectivity index (χ1v) is 8.69. The first kappa shape index (κ1) is 16.9. The predicted molar refractivity (Wildman–Crippen MR) is 94.9 cm³/mol. The second-order valence-corrected chi connectivity index (χ2v) is 7.04. The molecule has 126 valence electrons. The Labute approximate surface area is 147 Å². The van der Waals surface area contributed by atoms with E-state index in [1.165, 1.54) is 0 Å². The van der Waals surface area contributed by atoms with Crippen molar-refractivity contribution in [3.63, 3.8) is 0 Å². The summed E-state index contributed by atoms with van der Waals surface area (Å²) in [4.78, 5) is 23.5. The SMILES string of the molecule is C[C@H](Cc1cnccn1)N(C)C(=O)C1(c2ccc(Cl)cc2)CCC1. The van der Waals surface area contributed by atoms with Crippen LogP contribution in [0.15, 0.2) is 42.9 Å². The van der Waals surface area contributed by atoms with E-state index in [-0.39, 0.29) is 11.9 Å². The molecule has 2 aromatic rings. The molecular weight excluding hydrogens is 322 g/mol. The third-order valence-electron chi connectivity index (χ3n) is 5.12. The highest BCUT2D eigenvalue weighted by Gasteiger charge is 2.47. The van der Waals surface area contributed by atoms with Crippen LogP contribution >= 0.6 is 11.6 Å². The molecular formula is C19H22ClN3O. The second kappa shape index (κ2) is 6.89. The highest BCUT2D eigenvalue weighted by atomic mass is 35.5. The molecule has 1 amide bonds. The maximum absolute atomic E-state index is 13.2. The van der Waals surface area contributed by atoms with Crippen LogP contribution in [-0.2, 0) is 16.6 Å². The Bertz CT molecular complexity index is 698. The lowest BCUT2D eigenvalue weighted by molar-refractivity contribution is -0.141. The third kappa shape index (κ3) is 3.16. The number of nitrogens with zero attached hydrogens (tertiary/aromatic N) is 3. The minimum absolute atomic E-state index is 0.0685. The third-order valence-corrected chi connectivity index (χ3v) is 5.37. The fourth-order valence-electron chi connectivity index (χ4n) is 3.34. The van der Waals surface area contributed by atoms with Gasteiger partial charge in [0.1, 0.15) is 0 Å². The lowest BCUT2D eigenvalue weighted by Crippen LogP contribution is -2.52. The minimum Gasteiger partial charge on any atom is -0.342 e. The number of amides is 1. The topological polar surface area (TPSA) is 46.1 Å². The molecule has 1 fully saturated rings. The molecule has 1 aliphatic carbocycles. The molecule has 0 spiro atoms. The van der Waals surface area contributed by atoms with Crippen molar-refractivity contribution in [2.24, 2.45) is 0 Å². The minimum atomic E-state index is -0.393. The van der Waals surface area contributed by atoms with E-state index in [1.54, 1.807) is 18.6 Å². The molecule has 5 heteroatoms. The van der Waals surface area contributed by atoms with Crippen LogP contribution in [-0.4, -0.2) is 33.9 Å². The maximum Gasteiger partial charge on any atom is 0.233 e. The van der Waals surface area contributed by atoms with Crippen LogP contribution in [0.1, 0.15) is 37.4 Å². The molecule has 1 aromatic heterocycles. The van der Waals surface area contributed by atoms with Gasteiger partial charge in [-0.05, 0) is 37.5 Å². The van der Waals surface area contributed by atoms with E-state index in [4.69, 9.17) is 11.6 Å². The summed E-state index contributed by atoms with van der Waals surface area (Å²) in [5.74, 6) is 0.187. The Hall–Kier alpha value is -1.94. The van der Waals surface area contributed by atoms with Crippen LogP contribution in [0.2, 0.25) is 5.02 Å². The second-order valence-electron chi connectivity index (χ2n) is 6.61. The Morgan fingerprint density at radius 2 is 2.00 bits per heavy atom. The number of carbonyl (C=O) groups is 1. The van der Waals surface area contributed by atoms with Gasteiger partial charge in [-0.15, -0.1) is 0 Å². The predicted octanol–water partition coefficient (Wildman–Crippen LogP) is 3.64.